The highest BCUT2D eigenvalue weighted by atomic mass is 19.1. The Labute approximate surface area is 224 Å². The number of imidazole rings is 1. The summed E-state index contributed by atoms with van der Waals surface area (Å²) in [5, 5.41) is 19.3. The predicted molar refractivity (Wildman–Crippen MR) is 141 cm³/mol. The van der Waals surface area contributed by atoms with Gasteiger partial charge in [0.25, 0.3) is 6.01 Å². The van der Waals surface area contributed by atoms with Crippen LogP contribution in [0.25, 0.3) is 33.3 Å². The summed E-state index contributed by atoms with van der Waals surface area (Å²) in [5.41, 5.74) is 3.45. The number of nitrogens with one attached hydrogen (secondary N) is 1. The minimum Gasteiger partial charge on any atom is -0.459 e. The van der Waals surface area contributed by atoms with Gasteiger partial charge in [-0.25, -0.2) is 8.78 Å². The summed E-state index contributed by atoms with van der Waals surface area (Å²) in [6.07, 6.45) is 1.55. The Bertz CT molecular complexity index is 1430. The topological polar surface area (TPSA) is 96.8 Å². The molecule has 2 aliphatic heterocycles. The third kappa shape index (κ3) is 5.27. The summed E-state index contributed by atoms with van der Waals surface area (Å²) in [4.78, 5) is 6.99. The number of aliphatic hydroxyl groups is 2. The van der Waals surface area contributed by atoms with Crippen molar-refractivity contribution in [2.75, 3.05) is 19.8 Å². The molecular weight excluding hydrogens is 506 g/mol. The van der Waals surface area contributed by atoms with Crippen LogP contribution in [0, 0.1) is 11.6 Å². The lowest BCUT2D eigenvalue weighted by molar-refractivity contribution is -0.131. The van der Waals surface area contributed by atoms with Gasteiger partial charge >= 0.3 is 0 Å². The van der Waals surface area contributed by atoms with E-state index in [1.807, 2.05) is 24.3 Å². The number of ether oxygens (including phenoxy) is 3. The number of nitrogens with zero attached hydrogens (tertiary/aromatic N) is 1. The Hall–Kier alpha value is -3.37. The first-order valence-electron chi connectivity index (χ1n) is 13.3. The molecule has 2 saturated heterocycles. The number of aromatic nitrogens is 2. The molecule has 4 aromatic rings. The van der Waals surface area contributed by atoms with Crippen molar-refractivity contribution in [3.8, 4) is 28.3 Å². The zero-order valence-corrected chi connectivity index (χ0v) is 21.3. The number of fused-ring (bicyclic) bond motifs is 1. The minimum atomic E-state index is -0.897. The maximum Gasteiger partial charge on any atom is 0.295 e. The number of hydrogen-bond acceptors (Lipinski definition) is 6. The van der Waals surface area contributed by atoms with Crippen molar-refractivity contribution in [3.63, 3.8) is 0 Å². The first kappa shape index (κ1) is 25.9. The van der Waals surface area contributed by atoms with E-state index in [-0.39, 0.29) is 48.3 Å². The third-order valence-electron chi connectivity index (χ3n) is 7.50. The summed E-state index contributed by atoms with van der Waals surface area (Å²) < 4.78 is 47.6. The maximum atomic E-state index is 15.5. The molecule has 9 heteroatoms. The van der Waals surface area contributed by atoms with Gasteiger partial charge in [-0.15, -0.1) is 0 Å². The van der Waals surface area contributed by atoms with E-state index in [0.717, 1.165) is 36.1 Å². The number of aromatic amines is 1. The Balaban J connectivity index is 1.21. The Morgan fingerprint density at radius 1 is 0.974 bits per heavy atom. The van der Waals surface area contributed by atoms with Crippen LogP contribution in [0.15, 0.2) is 54.6 Å². The summed E-state index contributed by atoms with van der Waals surface area (Å²) >= 11 is 0. The highest BCUT2D eigenvalue weighted by Gasteiger charge is 2.31. The van der Waals surface area contributed by atoms with Gasteiger partial charge in [0.15, 0.2) is 5.82 Å². The van der Waals surface area contributed by atoms with Gasteiger partial charge < -0.3 is 29.4 Å². The molecule has 1 unspecified atom stereocenters. The summed E-state index contributed by atoms with van der Waals surface area (Å²) in [6.45, 7) is 0.630. The lowest BCUT2D eigenvalue weighted by Crippen LogP contribution is -2.45. The quantitative estimate of drug-likeness (QED) is 0.309. The van der Waals surface area contributed by atoms with Gasteiger partial charge in [-0.3, -0.25) is 0 Å². The van der Waals surface area contributed by atoms with Crippen LogP contribution in [-0.4, -0.2) is 58.3 Å². The Kier molecular flexibility index (Phi) is 7.31. The van der Waals surface area contributed by atoms with Crippen molar-refractivity contribution in [3.05, 3.63) is 71.8 Å². The van der Waals surface area contributed by atoms with Gasteiger partial charge in [0.2, 0.25) is 0 Å². The molecule has 0 amide bonds. The Morgan fingerprint density at radius 3 is 2.36 bits per heavy atom. The molecule has 2 fully saturated rings. The molecule has 204 valence electrons. The van der Waals surface area contributed by atoms with E-state index >= 15 is 8.78 Å². The highest BCUT2D eigenvalue weighted by Crippen LogP contribution is 2.34. The molecule has 3 N–H and O–H groups in total. The summed E-state index contributed by atoms with van der Waals surface area (Å²) in [6, 6.07) is 16.5. The molecule has 0 saturated carbocycles. The molecule has 7 nitrogen and oxygen atoms in total. The SMILES string of the molecule is OC[C@H]1OC[C@H](Oc2nc3c(F)c(-c4ccc(-c5ccc(C6CCCCO6)cc5)cc4)c(F)cc3[nH]2)C[C@@H]1O. The second kappa shape index (κ2) is 11.0. The zero-order chi connectivity index (χ0) is 26.9. The smallest absolute Gasteiger partial charge is 0.295 e. The first-order valence-corrected chi connectivity index (χ1v) is 13.3. The van der Waals surface area contributed by atoms with Gasteiger partial charge in [-0.2, -0.15) is 4.98 Å². The predicted octanol–water partition coefficient (Wildman–Crippen LogP) is 5.31. The first-order chi connectivity index (χ1) is 19.0. The third-order valence-corrected chi connectivity index (χ3v) is 7.50. The molecule has 6 rings (SSSR count). The van der Waals surface area contributed by atoms with Gasteiger partial charge in [0.1, 0.15) is 23.5 Å². The molecule has 3 heterocycles. The molecule has 0 bridgehead atoms. The molecule has 0 aliphatic carbocycles. The van der Waals surface area contributed by atoms with Crippen LogP contribution in [-0.2, 0) is 9.47 Å². The van der Waals surface area contributed by atoms with Crippen molar-refractivity contribution in [1.82, 2.24) is 9.97 Å². The largest absolute Gasteiger partial charge is 0.459 e. The van der Waals surface area contributed by atoms with Crippen LogP contribution in [0.1, 0.15) is 37.4 Å². The maximum absolute atomic E-state index is 15.5. The molecule has 0 radical (unpaired) electrons. The van der Waals surface area contributed by atoms with E-state index in [1.54, 1.807) is 12.1 Å². The fourth-order valence-corrected chi connectivity index (χ4v) is 5.35. The van der Waals surface area contributed by atoms with Crippen LogP contribution >= 0.6 is 0 Å². The van der Waals surface area contributed by atoms with E-state index in [1.165, 1.54) is 12.5 Å². The second-order valence-electron chi connectivity index (χ2n) is 10.1. The van der Waals surface area contributed by atoms with E-state index in [2.05, 4.69) is 22.1 Å². The summed E-state index contributed by atoms with van der Waals surface area (Å²) in [7, 11) is 0. The zero-order valence-electron chi connectivity index (χ0n) is 21.3. The number of halogens is 2. The molecule has 0 spiro atoms. The van der Waals surface area contributed by atoms with Crippen LogP contribution in [0.2, 0.25) is 0 Å². The number of hydrogen-bond donors (Lipinski definition) is 3. The van der Waals surface area contributed by atoms with Crippen molar-refractivity contribution in [2.24, 2.45) is 0 Å². The number of aliphatic hydroxyl groups excluding tert-OH is 2. The van der Waals surface area contributed by atoms with Crippen molar-refractivity contribution in [1.29, 1.82) is 0 Å². The molecule has 39 heavy (non-hydrogen) atoms. The average molecular weight is 537 g/mol. The average Bonchev–Trinajstić information content (AvgIpc) is 3.36. The van der Waals surface area contributed by atoms with E-state index < -0.39 is 29.9 Å². The van der Waals surface area contributed by atoms with Crippen molar-refractivity contribution >= 4 is 11.0 Å². The Morgan fingerprint density at radius 2 is 1.69 bits per heavy atom. The minimum absolute atomic E-state index is 0.00104. The monoisotopic (exact) mass is 536 g/mol. The van der Waals surface area contributed by atoms with Gasteiger partial charge in [-0.1, -0.05) is 48.5 Å². The second-order valence-corrected chi connectivity index (χ2v) is 10.1. The van der Waals surface area contributed by atoms with E-state index in [0.29, 0.717) is 5.56 Å². The van der Waals surface area contributed by atoms with Crippen LogP contribution in [0.5, 0.6) is 6.01 Å². The molecule has 1 aromatic heterocycles. The number of rotatable bonds is 6. The molecule has 3 aromatic carbocycles. The number of benzene rings is 3. The molecule has 4 atom stereocenters. The van der Waals surface area contributed by atoms with Crippen molar-refractivity contribution < 1.29 is 33.2 Å². The van der Waals surface area contributed by atoms with Crippen LogP contribution < -0.4 is 4.74 Å². The van der Waals surface area contributed by atoms with Gasteiger partial charge in [-0.05, 0) is 41.5 Å². The lowest BCUT2D eigenvalue weighted by atomic mass is 9.96. The summed E-state index contributed by atoms with van der Waals surface area (Å²) in [5.74, 6) is -1.51. The molecular formula is C30H30F2N2O5. The van der Waals surface area contributed by atoms with Crippen LogP contribution in [0.4, 0.5) is 8.78 Å². The number of H-pyrrole nitrogens is 1. The standard InChI is InChI=1S/C30H30F2N2O5/c31-22-14-23-29(34-30(33-23)39-21-13-24(36)26(15-35)38-16-21)28(32)27(22)20-10-6-18(7-11-20)17-4-8-19(9-5-17)25-3-1-2-12-37-25/h4-11,14,21,24-26,35-36H,1-3,12-13,15-16H2,(H,33,34)/t21-,24+,25?,26-/m1/s1. The highest BCUT2D eigenvalue weighted by molar-refractivity contribution is 5.84. The lowest BCUT2D eigenvalue weighted by Gasteiger charge is -2.31. The van der Waals surface area contributed by atoms with Gasteiger partial charge in [0.05, 0.1) is 36.5 Å². The van der Waals surface area contributed by atoms with E-state index in [9.17, 15) is 10.2 Å². The normalized spacial score (nSPS) is 23.7. The molecule has 2 aliphatic rings. The fourth-order valence-electron chi connectivity index (χ4n) is 5.35. The van der Waals surface area contributed by atoms with Crippen LogP contribution in [0.3, 0.4) is 0 Å². The fraction of sp³-hybridized carbons (Fsp3) is 0.367. The van der Waals surface area contributed by atoms with Gasteiger partial charge in [0, 0.05) is 19.1 Å². The van der Waals surface area contributed by atoms with Crippen molar-refractivity contribution in [2.45, 2.75) is 50.1 Å². The van der Waals surface area contributed by atoms with E-state index in [4.69, 9.17) is 14.2 Å².